The van der Waals surface area contributed by atoms with Gasteiger partial charge in [0, 0.05) is 19.3 Å². The molecule has 92 valence electrons. The Labute approximate surface area is 102 Å². The van der Waals surface area contributed by atoms with Gasteiger partial charge in [-0.25, -0.2) is 9.78 Å². The van der Waals surface area contributed by atoms with Crippen LogP contribution < -0.4 is 4.90 Å². The summed E-state index contributed by atoms with van der Waals surface area (Å²) in [5.74, 6) is 0.507. The molecule has 17 heavy (non-hydrogen) atoms. The second kappa shape index (κ2) is 5.66. The standard InChI is InChI=1S/C13H18N2O2/c1-2-10-17-13(16)11-6-5-7-14-12(11)15-8-3-4-9-15/h5-7H,2-4,8-10H2,1H3. The molecule has 2 heterocycles. The van der Waals surface area contributed by atoms with E-state index in [0.29, 0.717) is 12.2 Å². The summed E-state index contributed by atoms with van der Waals surface area (Å²) in [7, 11) is 0. The van der Waals surface area contributed by atoms with Crippen molar-refractivity contribution in [1.82, 2.24) is 4.98 Å². The number of carbonyl (C=O) groups excluding carboxylic acids is 1. The summed E-state index contributed by atoms with van der Waals surface area (Å²) in [5, 5.41) is 0. The minimum atomic E-state index is -0.262. The van der Waals surface area contributed by atoms with Crippen molar-refractivity contribution in [2.24, 2.45) is 0 Å². The molecule has 0 radical (unpaired) electrons. The number of ether oxygens (including phenoxy) is 1. The highest BCUT2D eigenvalue weighted by atomic mass is 16.5. The fourth-order valence-corrected chi connectivity index (χ4v) is 2.01. The second-order valence-electron chi connectivity index (χ2n) is 4.20. The molecular formula is C13H18N2O2. The maximum Gasteiger partial charge on any atom is 0.341 e. The summed E-state index contributed by atoms with van der Waals surface area (Å²) in [5.41, 5.74) is 0.586. The predicted octanol–water partition coefficient (Wildman–Crippen LogP) is 2.25. The van der Waals surface area contributed by atoms with Crippen molar-refractivity contribution in [2.45, 2.75) is 26.2 Å². The quantitative estimate of drug-likeness (QED) is 0.749. The minimum absolute atomic E-state index is 0.262. The summed E-state index contributed by atoms with van der Waals surface area (Å²) in [6.07, 6.45) is 4.90. The normalized spacial score (nSPS) is 15.0. The molecule has 0 aromatic carbocycles. The molecule has 1 aliphatic rings. The predicted molar refractivity (Wildman–Crippen MR) is 66.3 cm³/mol. The molecule has 0 unspecified atom stereocenters. The number of hydrogen-bond donors (Lipinski definition) is 0. The molecule has 4 nitrogen and oxygen atoms in total. The van der Waals surface area contributed by atoms with Crippen molar-refractivity contribution < 1.29 is 9.53 Å². The van der Waals surface area contributed by atoms with Crippen LogP contribution in [0, 0.1) is 0 Å². The van der Waals surface area contributed by atoms with Crippen LogP contribution in [0.3, 0.4) is 0 Å². The number of anilines is 1. The van der Waals surface area contributed by atoms with E-state index in [4.69, 9.17) is 4.74 Å². The first-order valence-corrected chi connectivity index (χ1v) is 6.20. The SMILES string of the molecule is CCCOC(=O)c1cccnc1N1CCCC1. The van der Waals surface area contributed by atoms with E-state index in [0.717, 1.165) is 25.3 Å². The highest BCUT2D eigenvalue weighted by Crippen LogP contribution is 2.22. The molecule has 0 saturated carbocycles. The van der Waals surface area contributed by atoms with Crippen LogP contribution in [0.25, 0.3) is 0 Å². The van der Waals surface area contributed by atoms with E-state index in [1.165, 1.54) is 12.8 Å². The molecule has 1 saturated heterocycles. The van der Waals surface area contributed by atoms with Gasteiger partial charge in [0.25, 0.3) is 0 Å². The Morgan fingerprint density at radius 3 is 2.94 bits per heavy atom. The fraction of sp³-hybridized carbons (Fsp3) is 0.538. The molecule has 0 N–H and O–H groups in total. The molecule has 1 aromatic rings. The van der Waals surface area contributed by atoms with Crippen LogP contribution in [0.15, 0.2) is 18.3 Å². The monoisotopic (exact) mass is 234 g/mol. The number of hydrogen-bond acceptors (Lipinski definition) is 4. The third-order valence-electron chi connectivity index (χ3n) is 2.85. The summed E-state index contributed by atoms with van der Waals surface area (Å²) in [6.45, 7) is 4.40. The van der Waals surface area contributed by atoms with E-state index in [1.54, 1.807) is 18.3 Å². The molecule has 0 bridgehead atoms. The van der Waals surface area contributed by atoms with Gasteiger partial charge < -0.3 is 9.64 Å². The Kier molecular flexibility index (Phi) is 3.96. The zero-order valence-electron chi connectivity index (χ0n) is 10.2. The molecule has 1 fully saturated rings. The molecule has 0 amide bonds. The van der Waals surface area contributed by atoms with Crippen LogP contribution in [0.4, 0.5) is 5.82 Å². The lowest BCUT2D eigenvalue weighted by Gasteiger charge is -2.18. The molecule has 0 spiro atoms. The van der Waals surface area contributed by atoms with E-state index < -0.39 is 0 Å². The number of esters is 1. The van der Waals surface area contributed by atoms with Crippen molar-refractivity contribution in [3.8, 4) is 0 Å². The van der Waals surface area contributed by atoms with Crippen LogP contribution in [-0.4, -0.2) is 30.6 Å². The van der Waals surface area contributed by atoms with Crippen LogP contribution in [-0.2, 0) is 4.74 Å². The zero-order chi connectivity index (χ0) is 12.1. The number of rotatable bonds is 4. The van der Waals surface area contributed by atoms with Crippen LogP contribution >= 0.6 is 0 Å². The van der Waals surface area contributed by atoms with Gasteiger partial charge in [0.2, 0.25) is 0 Å². The molecule has 0 aliphatic carbocycles. The van der Waals surface area contributed by atoms with Gasteiger partial charge in [0.1, 0.15) is 11.4 Å². The molecule has 1 aliphatic heterocycles. The Balaban J connectivity index is 2.17. The van der Waals surface area contributed by atoms with Gasteiger partial charge >= 0.3 is 5.97 Å². The number of nitrogens with zero attached hydrogens (tertiary/aromatic N) is 2. The highest BCUT2D eigenvalue weighted by Gasteiger charge is 2.21. The molecule has 0 atom stereocenters. The zero-order valence-corrected chi connectivity index (χ0v) is 10.2. The third kappa shape index (κ3) is 2.75. The molecule has 2 rings (SSSR count). The van der Waals surface area contributed by atoms with Gasteiger partial charge in [-0.15, -0.1) is 0 Å². The van der Waals surface area contributed by atoms with Gasteiger partial charge in [-0.3, -0.25) is 0 Å². The van der Waals surface area contributed by atoms with Crippen molar-refractivity contribution in [1.29, 1.82) is 0 Å². The Bertz CT molecular complexity index is 387. The lowest BCUT2D eigenvalue weighted by atomic mass is 10.2. The topological polar surface area (TPSA) is 42.4 Å². The third-order valence-corrected chi connectivity index (χ3v) is 2.85. The summed E-state index contributed by atoms with van der Waals surface area (Å²) < 4.78 is 5.17. The first kappa shape index (κ1) is 11.9. The van der Waals surface area contributed by atoms with Crippen LogP contribution in [0.2, 0.25) is 0 Å². The smallest absolute Gasteiger partial charge is 0.341 e. The first-order valence-electron chi connectivity index (χ1n) is 6.20. The van der Waals surface area contributed by atoms with Gasteiger partial charge in [-0.05, 0) is 31.4 Å². The van der Waals surface area contributed by atoms with Gasteiger partial charge in [-0.2, -0.15) is 0 Å². The summed E-state index contributed by atoms with van der Waals surface area (Å²) in [6, 6.07) is 3.57. The summed E-state index contributed by atoms with van der Waals surface area (Å²) >= 11 is 0. The summed E-state index contributed by atoms with van der Waals surface area (Å²) in [4.78, 5) is 18.4. The molecule has 1 aromatic heterocycles. The highest BCUT2D eigenvalue weighted by molar-refractivity contribution is 5.94. The minimum Gasteiger partial charge on any atom is -0.462 e. The van der Waals surface area contributed by atoms with Crippen LogP contribution in [0.1, 0.15) is 36.5 Å². The van der Waals surface area contributed by atoms with Gasteiger partial charge in [0.15, 0.2) is 0 Å². The Morgan fingerprint density at radius 1 is 1.47 bits per heavy atom. The Morgan fingerprint density at radius 2 is 2.24 bits per heavy atom. The average Bonchev–Trinajstić information content (AvgIpc) is 2.89. The van der Waals surface area contributed by atoms with E-state index >= 15 is 0 Å². The lowest BCUT2D eigenvalue weighted by Crippen LogP contribution is -2.22. The number of aromatic nitrogens is 1. The first-order chi connectivity index (χ1) is 8.33. The van der Waals surface area contributed by atoms with Crippen molar-refractivity contribution in [3.05, 3.63) is 23.9 Å². The van der Waals surface area contributed by atoms with E-state index in [2.05, 4.69) is 9.88 Å². The van der Waals surface area contributed by atoms with E-state index in [-0.39, 0.29) is 5.97 Å². The maximum atomic E-state index is 11.9. The van der Waals surface area contributed by atoms with Crippen molar-refractivity contribution >= 4 is 11.8 Å². The number of carbonyl (C=O) groups is 1. The van der Waals surface area contributed by atoms with E-state index in [9.17, 15) is 4.79 Å². The van der Waals surface area contributed by atoms with E-state index in [1.807, 2.05) is 6.92 Å². The largest absolute Gasteiger partial charge is 0.462 e. The van der Waals surface area contributed by atoms with Gasteiger partial charge in [0.05, 0.1) is 6.61 Å². The average molecular weight is 234 g/mol. The lowest BCUT2D eigenvalue weighted by molar-refractivity contribution is 0.0505. The fourth-order valence-electron chi connectivity index (χ4n) is 2.01. The van der Waals surface area contributed by atoms with Crippen molar-refractivity contribution in [3.63, 3.8) is 0 Å². The van der Waals surface area contributed by atoms with Crippen LogP contribution in [0.5, 0.6) is 0 Å². The molecule has 4 heteroatoms. The number of pyridine rings is 1. The maximum absolute atomic E-state index is 11.9. The molecular weight excluding hydrogens is 216 g/mol. The second-order valence-corrected chi connectivity index (χ2v) is 4.20. The van der Waals surface area contributed by atoms with Crippen molar-refractivity contribution in [2.75, 3.05) is 24.6 Å². The van der Waals surface area contributed by atoms with Gasteiger partial charge in [-0.1, -0.05) is 6.92 Å². The Hall–Kier alpha value is -1.58.